The van der Waals surface area contributed by atoms with E-state index in [1.807, 2.05) is 0 Å². The summed E-state index contributed by atoms with van der Waals surface area (Å²) in [6.45, 7) is 0.587. The number of aromatic nitrogens is 2. The van der Waals surface area contributed by atoms with Crippen LogP contribution in [0.1, 0.15) is 5.69 Å². The summed E-state index contributed by atoms with van der Waals surface area (Å²) >= 11 is 0. The van der Waals surface area contributed by atoms with Crippen LogP contribution in [-0.2, 0) is 11.3 Å². The molecule has 1 aromatic rings. The van der Waals surface area contributed by atoms with Crippen LogP contribution in [0.15, 0.2) is 12.5 Å². The number of amides is 1. The summed E-state index contributed by atoms with van der Waals surface area (Å²) in [6, 6.07) is 0. The van der Waals surface area contributed by atoms with Gasteiger partial charge in [0.15, 0.2) is 0 Å². The molecule has 0 saturated heterocycles. The standard InChI is InChI=1S/C6H9N3O/c1-9(5-10)3-6-2-7-4-8-6/h2,4-5H,3H2,1H3,(H,7,8). The Morgan fingerprint density at radius 3 is 3.20 bits per heavy atom. The third-order valence-corrected chi connectivity index (χ3v) is 1.15. The number of carbonyl (C=O) groups is 1. The molecule has 1 rings (SSSR count). The molecular formula is C6H9N3O. The van der Waals surface area contributed by atoms with Crippen molar-refractivity contribution in [2.45, 2.75) is 6.54 Å². The number of hydrogen-bond acceptors (Lipinski definition) is 2. The molecule has 54 valence electrons. The maximum absolute atomic E-state index is 10.1. The molecule has 0 aliphatic heterocycles. The molecule has 0 unspecified atom stereocenters. The Hall–Kier alpha value is -1.32. The number of carbonyl (C=O) groups excluding carboxylic acids is 1. The van der Waals surface area contributed by atoms with Gasteiger partial charge in [-0.1, -0.05) is 0 Å². The smallest absolute Gasteiger partial charge is 0.209 e. The highest BCUT2D eigenvalue weighted by molar-refractivity contribution is 5.46. The van der Waals surface area contributed by atoms with E-state index in [-0.39, 0.29) is 0 Å². The summed E-state index contributed by atoms with van der Waals surface area (Å²) in [7, 11) is 1.72. The molecule has 0 radical (unpaired) electrons. The molecule has 0 spiro atoms. The Morgan fingerprint density at radius 1 is 1.90 bits per heavy atom. The van der Waals surface area contributed by atoms with E-state index in [9.17, 15) is 4.79 Å². The predicted octanol–water partition coefficient (Wildman–Crippen LogP) is -0.00210. The summed E-state index contributed by atoms with van der Waals surface area (Å²) < 4.78 is 0. The normalized spacial score (nSPS) is 9.30. The van der Waals surface area contributed by atoms with Gasteiger partial charge in [0, 0.05) is 13.2 Å². The second kappa shape index (κ2) is 3.00. The first kappa shape index (κ1) is 6.80. The lowest BCUT2D eigenvalue weighted by Crippen LogP contribution is -2.14. The minimum atomic E-state index is 0.587. The maximum atomic E-state index is 10.1. The Balaban J connectivity index is 2.47. The second-order valence-corrected chi connectivity index (χ2v) is 2.10. The summed E-state index contributed by atoms with van der Waals surface area (Å²) in [5.41, 5.74) is 0.939. The van der Waals surface area contributed by atoms with Gasteiger partial charge < -0.3 is 9.88 Å². The number of hydrogen-bond donors (Lipinski definition) is 1. The Bertz CT molecular complexity index is 195. The average Bonchev–Trinajstić information content (AvgIpc) is 2.40. The highest BCUT2D eigenvalue weighted by Gasteiger charge is 1.95. The van der Waals surface area contributed by atoms with Gasteiger partial charge in [0.2, 0.25) is 6.41 Å². The molecule has 10 heavy (non-hydrogen) atoms. The quantitative estimate of drug-likeness (QED) is 0.599. The summed E-state index contributed by atoms with van der Waals surface area (Å²) in [5, 5.41) is 0. The fourth-order valence-electron chi connectivity index (χ4n) is 0.677. The van der Waals surface area contributed by atoms with Crippen LogP contribution in [0.5, 0.6) is 0 Å². The molecule has 1 amide bonds. The fraction of sp³-hybridized carbons (Fsp3) is 0.333. The van der Waals surface area contributed by atoms with Crippen molar-refractivity contribution < 1.29 is 4.79 Å². The lowest BCUT2D eigenvalue weighted by atomic mass is 10.4. The molecule has 1 N–H and O–H groups in total. The van der Waals surface area contributed by atoms with Crippen LogP contribution in [-0.4, -0.2) is 28.3 Å². The van der Waals surface area contributed by atoms with Gasteiger partial charge in [-0.05, 0) is 0 Å². The van der Waals surface area contributed by atoms with Gasteiger partial charge in [-0.15, -0.1) is 0 Å². The minimum Gasteiger partial charge on any atom is -0.347 e. The maximum Gasteiger partial charge on any atom is 0.209 e. The van der Waals surface area contributed by atoms with Crippen molar-refractivity contribution >= 4 is 6.41 Å². The first-order valence-electron chi connectivity index (χ1n) is 2.95. The van der Waals surface area contributed by atoms with E-state index in [1.165, 1.54) is 4.90 Å². The number of nitrogens with one attached hydrogen (secondary N) is 1. The van der Waals surface area contributed by atoms with Crippen molar-refractivity contribution in [2.75, 3.05) is 7.05 Å². The van der Waals surface area contributed by atoms with Crippen LogP contribution < -0.4 is 0 Å². The molecule has 0 atom stereocenters. The van der Waals surface area contributed by atoms with Crippen LogP contribution in [0, 0.1) is 0 Å². The molecular weight excluding hydrogens is 130 g/mol. The summed E-state index contributed by atoms with van der Waals surface area (Å²) in [6.07, 6.45) is 4.06. The predicted molar refractivity (Wildman–Crippen MR) is 36.1 cm³/mol. The van der Waals surface area contributed by atoms with Gasteiger partial charge in [0.05, 0.1) is 18.6 Å². The van der Waals surface area contributed by atoms with E-state index in [0.717, 1.165) is 12.1 Å². The van der Waals surface area contributed by atoms with Gasteiger partial charge in [-0.3, -0.25) is 4.79 Å². The third-order valence-electron chi connectivity index (χ3n) is 1.15. The van der Waals surface area contributed by atoms with Crippen LogP contribution >= 0.6 is 0 Å². The largest absolute Gasteiger partial charge is 0.347 e. The second-order valence-electron chi connectivity index (χ2n) is 2.10. The van der Waals surface area contributed by atoms with Gasteiger partial charge in [-0.25, -0.2) is 4.98 Å². The van der Waals surface area contributed by atoms with Gasteiger partial charge in [-0.2, -0.15) is 0 Å². The topological polar surface area (TPSA) is 49.0 Å². The van der Waals surface area contributed by atoms with Gasteiger partial charge in [0.1, 0.15) is 0 Å². The van der Waals surface area contributed by atoms with E-state index in [1.54, 1.807) is 19.6 Å². The molecule has 0 aliphatic carbocycles. The minimum absolute atomic E-state index is 0.587. The van der Waals surface area contributed by atoms with Crippen LogP contribution in [0.2, 0.25) is 0 Å². The fourth-order valence-corrected chi connectivity index (χ4v) is 0.677. The molecule has 4 nitrogen and oxygen atoms in total. The summed E-state index contributed by atoms with van der Waals surface area (Å²) in [5.74, 6) is 0. The zero-order chi connectivity index (χ0) is 7.40. The van der Waals surface area contributed by atoms with Crippen molar-refractivity contribution in [3.8, 4) is 0 Å². The highest BCUT2D eigenvalue weighted by Crippen LogP contribution is 1.93. The monoisotopic (exact) mass is 139 g/mol. The Morgan fingerprint density at radius 2 is 2.70 bits per heavy atom. The van der Waals surface area contributed by atoms with E-state index >= 15 is 0 Å². The number of imidazole rings is 1. The molecule has 1 aromatic heterocycles. The first-order valence-corrected chi connectivity index (χ1v) is 2.95. The summed E-state index contributed by atoms with van der Waals surface area (Å²) in [4.78, 5) is 18.4. The van der Waals surface area contributed by atoms with Crippen molar-refractivity contribution in [1.29, 1.82) is 0 Å². The number of nitrogens with zero attached hydrogens (tertiary/aromatic N) is 2. The first-order chi connectivity index (χ1) is 4.83. The van der Waals surface area contributed by atoms with Gasteiger partial charge >= 0.3 is 0 Å². The zero-order valence-corrected chi connectivity index (χ0v) is 5.74. The lowest BCUT2D eigenvalue weighted by Gasteiger charge is -2.06. The van der Waals surface area contributed by atoms with Crippen LogP contribution in [0.3, 0.4) is 0 Å². The molecule has 1 heterocycles. The molecule has 0 fully saturated rings. The zero-order valence-electron chi connectivity index (χ0n) is 5.74. The molecule has 0 aromatic carbocycles. The van der Waals surface area contributed by atoms with E-state index in [4.69, 9.17) is 0 Å². The molecule has 0 aliphatic rings. The molecule has 0 saturated carbocycles. The average molecular weight is 139 g/mol. The van der Waals surface area contributed by atoms with Crippen molar-refractivity contribution in [3.63, 3.8) is 0 Å². The lowest BCUT2D eigenvalue weighted by molar-refractivity contribution is -0.117. The van der Waals surface area contributed by atoms with Crippen LogP contribution in [0.25, 0.3) is 0 Å². The third kappa shape index (κ3) is 1.58. The van der Waals surface area contributed by atoms with Crippen molar-refractivity contribution in [3.05, 3.63) is 18.2 Å². The Labute approximate surface area is 58.9 Å². The van der Waals surface area contributed by atoms with E-state index in [0.29, 0.717) is 6.54 Å². The molecule has 4 heteroatoms. The number of H-pyrrole nitrogens is 1. The van der Waals surface area contributed by atoms with Crippen LogP contribution in [0.4, 0.5) is 0 Å². The van der Waals surface area contributed by atoms with Crippen molar-refractivity contribution in [1.82, 2.24) is 14.9 Å². The Kier molecular flexibility index (Phi) is 2.04. The molecule has 0 bridgehead atoms. The van der Waals surface area contributed by atoms with Gasteiger partial charge in [0.25, 0.3) is 0 Å². The number of rotatable bonds is 3. The highest BCUT2D eigenvalue weighted by atomic mass is 16.1. The van der Waals surface area contributed by atoms with E-state index in [2.05, 4.69) is 9.97 Å². The number of aromatic amines is 1. The van der Waals surface area contributed by atoms with Crippen molar-refractivity contribution in [2.24, 2.45) is 0 Å². The van der Waals surface area contributed by atoms with E-state index < -0.39 is 0 Å². The SMILES string of the molecule is CN(C=O)Cc1cnc[nH]1.